The summed E-state index contributed by atoms with van der Waals surface area (Å²) in [5.74, 6) is 0.311. The molecule has 0 amide bonds. The summed E-state index contributed by atoms with van der Waals surface area (Å²) in [4.78, 5) is 0.463. The Labute approximate surface area is 116 Å². The number of hydrogen-bond acceptors (Lipinski definition) is 0. The van der Waals surface area contributed by atoms with E-state index in [1.165, 1.54) is 18.9 Å². The highest BCUT2D eigenvalue weighted by Gasteiger charge is 2.28. The van der Waals surface area contributed by atoms with E-state index >= 15 is 0 Å². The maximum absolute atomic E-state index is 13.7. The van der Waals surface area contributed by atoms with Gasteiger partial charge in [0.1, 0.15) is 11.6 Å². The van der Waals surface area contributed by atoms with Crippen LogP contribution in [-0.4, -0.2) is 4.83 Å². The van der Waals surface area contributed by atoms with E-state index < -0.39 is 11.6 Å². The first kappa shape index (κ1) is 14.0. The highest BCUT2D eigenvalue weighted by Crippen LogP contribution is 2.37. The highest BCUT2D eigenvalue weighted by atomic mass is 79.9. The number of hydrogen-bond donors (Lipinski definition) is 0. The Morgan fingerprint density at radius 1 is 1.28 bits per heavy atom. The fraction of sp³-hybridized carbons (Fsp3) is 0.600. The van der Waals surface area contributed by atoms with Crippen molar-refractivity contribution in [3.05, 3.63) is 35.4 Å². The summed E-state index contributed by atoms with van der Waals surface area (Å²) in [5.41, 5.74) is 0.641. The normalized spacial score (nSPS) is 28.3. The van der Waals surface area contributed by atoms with Crippen LogP contribution in [0.1, 0.15) is 38.2 Å². The molecule has 0 spiro atoms. The standard InChI is InChI=1S/C15H19BrF2/c1-2-10-3-6-14(16)12(7-10)8-11-4-5-13(17)9-15(11)18/h4-5,9-10,12,14H,2-3,6-8H2,1H3. The lowest BCUT2D eigenvalue weighted by Crippen LogP contribution is -2.26. The molecule has 3 atom stereocenters. The van der Waals surface area contributed by atoms with Crippen LogP contribution in [0.3, 0.4) is 0 Å². The number of halogens is 3. The van der Waals surface area contributed by atoms with E-state index in [9.17, 15) is 8.78 Å². The van der Waals surface area contributed by atoms with Gasteiger partial charge in [0, 0.05) is 10.9 Å². The molecule has 100 valence electrons. The van der Waals surface area contributed by atoms with Crippen molar-refractivity contribution in [3.8, 4) is 0 Å². The Morgan fingerprint density at radius 3 is 2.72 bits per heavy atom. The Hall–Kier alpha value is -0.440. The fourth-order valence-electron chi connectivity index (χ4n) is 2.88. The van der Waals surface area contributed by atoms with E-state index in [-0.39, 0.29) is 0 Å². The van der Waals surface area contributed by atoms with Crippen LogP contribution in [0.25, 0.3) is 0 Å². The van der Waals surface area contributed by atoms with Gasteiger partial charge in [-0.05, 0) is 49.1 Å². The predicted octanol–water partition coefficient (Wildman–Crippen LogP) is 5.10. The summed E-state index contributed by atoms with van der Waals surface area (Å²) in [6.07, 6.45) is 5.46. The van der Waals surface area contributed by atoms with Gasteiger partial charge >= 0.3 is 0 Å². The lowest BCUT2D eigenvalue weighted by molar-refractivity contribution is 0.269. The molecule has 1 aromatic carbocycles. The largest absolute Gasteiger partial charge is 0.207 e. The Kier molecular flexibility index (Phi) is 4.77. The summed E-state index contributed by atoms with van der Waals surface area (Å²) < 4.78 is 26.5. The van der Waals surface area contributed by atoms with Crippen molar-refractivity contribution in [3.63, 3.8) is 0 Å². The van der Waals surface area contributed by atoms with E-state index in [0.29, 0.717) is 22.7 Å². The monoisotopic (exact) mass is 316 g/mol. The summed E-state index contributed by atoms with van der Waals surface area (Å²) in [6, 6.07) is 3.92. The summed E-state index contributed by atoms with van der Waals surface area (Å²) in [6.45, 7) is 2.22. The molecule has 1 aliphatic rings. The minimum atomic E-state index is -0.498. The summed E-state index contributed by atoms with van der Waals surface area (Å²) >= 11 is 3.71. The van der Waals surface area contributed by atoms with Gasteiger partial charge in [-0.1, -0.05) is 35.3 Å². The van der Waals surface area contributed by atoms with Gasteiger partial charge in [0.15, 0.2) is 0 Å². The molecule has 1 aromatic rings. The third-order valence-electron chi connectivity index (χ3n) is 4.07. The molecule has 0 N–H and O–H groups in total. The van der Waals surface area contributed by atoms with E-state index in [1.54, 1.807) is 6.07 Å². The molecule has 2 rings (SSSR count). The average Bonchev–Trinajstić information content (AvgIpc) is 2.35. The van der Waals surface area contributed by atoms with Gasteiger partial charge < -0.3 is 0 Å². The van der Waals surface area contributed by atoms with E-state index in [2.05, 4.69) is 22.9 Å². The summed E-state index contributed by atoms with van der Waals surface area (Å²) in [5, 5.41) is 0. The smallest absolute Gasteiger partial charge is 0.129 e. The molecule has 0 aliphatic heterocycles. The Bertz CT molecular complexity index is 405. The van der Waals surface area contributed by atoms with Gasteiger partial charge in [-0.15, -0.1) is 0 Å². The van der Waals surface area contributed by atoms with Crippen LogP contribution >= 0.6 is 15.9 Å². The van der Waals surface area contributed by atoms with Crippen LogP contribution in [0.5, 0.6) is 0 Å². The molecule has 1 fully saturated rings. The molecular formula is C15H19BrF2. The summed E-state index contributed by atoms with van der Waals surface area (Å²) in [7, 11) is 0. The molecule has 0 bridgehead atoms. The molecule has 1 aliphatic carbocycles. The van der Waals surface area contributed by atoms with Crippen LogP contribution in [0.4, 0.5) is 8.78 Å². The molecule has 0 heterocycles. The quantitative estimate of drug-likeness (QED) is 0.681. The highest BCUT2D eigenvalue weighted by molar-refractivity contribution is 9.09. The number of benzene rings is 1. The number of rotatable bonds is 3. The zero-order valence-electron chi connectivity index (χ0n) is 10.6. The van der Waals surface area contributed by atoms with Crippen molar-refractivity contribution in [2.45, 2.75) is 43.9 Å². The molecule has 1 saturated carbocycles. The third kappa shape index (κ3) is 3.31. The van der Waals surface area contributed by atoms with Gasteiger partial charge in [-0.3, -0.25) is 0 Å². The van der Waals surface area contributed by atoms with Crippen LogP contribution in [0.15, 0.2) is 18.2 Å². The van der Waals surface area contributed by atoms with Crippen LogP contribution in [0.2, 0.25) is 0 Å². The minimum absolute atomic E-state index is 0.409. The fourth-order valence-corrected chi connectivity index (χ4v) is 3.54. The average molecular weight is 317 g/mol. The first-order valence-corrected chi connectivity index (χ1v) is 7.59. The predicted molar refractivity (Wildman–Crippen MR) is 73.9 cm³/mol. The van der Waals surface area contributed by atoms with Crippen LogP contribution < -0.4 is 0 Å². The second-order valence-electron chi connectivity index (χ2n) is 5.30. The second-order valence-corrected chi connectivity index (χ2v) is 6.48. The maximum Gasteiger partial charge on any atom is 0.129 e. The first-order chi connectivity index (χ1) is 8.60. The Morgan fingerprint density at radius 2 is 2.06 bits per heavy atom. The van der Waals surface area contributed by atoms with E-state index in [4.69, 9.17) is 0 Å². The molecule has 0 aromatic heterocycles. The van der Waals surface area contributed by atoms with Crippen molar-refractivity contribution in [1.82, 2.24) is 0 Å². The van der Waals surface area contributed by atoms with E-state index in [0.717, 1.165) is 24.8 Å². The molecule has 0 radical (unpaired) electrons. The van der Waals surface area contributed by atoms with Gasteiger partial charge in [0.25, 0.3) is 0 Å². The first-order valence-electron chi connectivity index (χ1n) is 6.68. The molecule has 0 saturated heterocycles. The number of alkyl halides is 1. The van der Waals surface area contributed by atoms with Crippen LogP contribution in [-0.2, 0) is 6.42 Å². The van der Waals surface area contributed by atoms with Gasteiger partial charge in [0.05, 0.1) is 0 Å². The lowest BCUT2D eigenvalue weighted by atomic mass is 9.77. The van der Waals surface area contributed by atoms with Crippen molar-refractivity contribution in [2.75, 3.05) is 0 Å². The molecule has 3 heteroatoms. The van der Waals surface area contributed by atoms with E-state index in [1.807, 2.05) is 0 Å². The molecule has 0 nitrogen and oxygen atoms in total. The zero-order valence-corrected chi connectivity index (χ0v) is 12.2. The van der Waals surface area contributed by atoms with Crippen molar-refractivity contribution in [1.29, 1.82) is 0 Å². The zero-order chi connectivity index (χ0) is 13.1. The van der Waals surface area contributed by atoms with Crippen molar-refractivity contribution < 1.29 is 8.78 Å². The van der Waals surface area contributed by atoms with Gasteiger partial charge in [-0.25, -0.2) is 8.78 Å². The van der Waals surface area contributed by atoms with Gasteiger partial charge in [-0.2, -0.15) is 0 Å². The van der Waals surface area contributed by atoms with Gasteiger partial charge in [0.2, 0.25) is 0 Å². The van der Waals surface area contributed by atoms with Crippen LogP contribution in [0, 0.1) is 23.5 Å². The topological polar surface area (TPSA) is 0 Å². The molecule has 18 heavy (non-hydrogen) atoms. The SMILES string of the molecule is CCC1CCC(Br)C(Cc2ccc(F)cc2F)C1. The van der Waals surface area contributed by atoms with Crippen molar-refractivity contribution >= 4 is 15.9 Å². The lowest BCUT2D eigenvalue weighted by Gasteiger charge is -2.33. The maximum atomic E-state index is 13.7. The molecular weight excluding hydrogens is 298 g/mol. The second kappa shape index (κ2) is 6.14. The minimum Gasteiger partial charge on any atom is -0.207 e. The third-order valence-corrected chi connectivity index (χ3v) is 5.28. The molecule has 3 unspecified atom stereocenters. The Balaban J connectivity index is 2.07. The van der Waals surface area contributed by atoms with Crippen molar-refractivity contribution in [2.24, 2.45) is 11.8 Å².